The van der Waals surface area contributed by atoms with Crippen LogP contribution in [0.5, 0.6) is 11.5 Å². The quantitative estimate of drug-likeness (QED) is 0.276. The van der Waals surface area contributed by atoms with Crippen LogP contribution in [0.15, 0.2) is 0 Å². The summed E-state index contributed by atoms with van der Waals surface area (Å²) in [5, 5.41) is 0. The third-order valence-electron chi connectivity index (χ3n) is 8.13. The van der Waals surface area contributed by atoms with Gasteiger partial charge in [-0.25, -0.2) is 0 Å². The van der Waals surface area contributed by atoms with Crippen molar-refractivity contribution in [3.63, 3.8) is 0 Å². The molecule has 1 aromatic carbocycles. The van der Waals surface area contributed by atoms with Crippen LogP contribution in [0.2, 0.25) is 0 Å². The molecule has 1 aliphatic heterocycles. The van der Waals surface area contributed by atoms with Crippen LogP contribution < -0.4 is 9.47 Å². The summed E-state index contributed by atoms with van der Waals surface area (Å²) in [6, 6.07) is 0. The fourth-order valence-electron chi connectivity index (χ4n) is 5.62. The largest absolute Gasteiger partial charge is 0.493 e. The van der Waals surface area contributed by atoms with E-state index >= 15 is 0 Å². The van der Waals surface area contributed by atoms with Crippen molar-refractivity contribution in [2.45, 2.75) is 139 Å². The maximum Gasteiger partial charge on any atom is 0.127 e. The van der Waals surface area contributed by atoms with Crippen LogP contribution in [0.1, 0.15) is 128 Å². The minimum absolute atomic E-state index is 0.0333. The van der Waals surface area contributed by atoms with Gasteiger partial charge in [-0.2, -0.15) is 0 Å². The fourth-order valence-corrected chi connectivity index (χ4v) is 5.62. The number of ether oxygens (including phenoxy) is 2. The second kappa shape index (κ2) is 13.1. The van der Waals surface area contributed by atoms with E-state index < -0.39 is 0 Å². The zero-order valence-corrected chi connectivity index (χ0v) is 23.5. The highest BCUT2D eigenvalue weighted by molar-refractivity contribution is 5.59. The Kier molecular flexibility index (Phi) is 11.1. The summed E-state index contributed by atoms with van der Waals surface area (Å²) in [5.74, 6) is 4.78. The highest BCUT2D eigenvalue weighted by atomic mass is 16.5. The average Bonchev–Trinajstić information content (AvgIpc) is 2.75. The first-order valence-corrected chi connectivity index (χ1v) is 14.0. The normalized spacial score (nSPS) is 19.8. The van der Waals surface area contributed by atoms with Crippen LogP contribution in [0.3, 0.4) is 0 Å². The topological polar surface area (TPSA) is 18.5 Å². The van der Waals surface area contributed by atoms with Crippen LogP contribution in [0.4, 0.5) is 0 Å². The summed E-state index contributed by atoms with van der Waals surface area (Å²) in [4.78, 5) is 0. The molecule has 2 heteroatoms. The predicted molar refractivity (Wildman–Crippen MR) is 144 cm³/mol. The van der Waals surface area contributed by atoms with Gasteiger partial charge in [0.2, 0.25) is 0 Å². The molecule has 0 saturated heterocycles. The van der Waals surface area contributed by atoms with E-state index in [1.54, 1.807) is 0 Å². The van der Waals surface area contributed by atoms with Crippen molar-refractivity contribution >= 4 is 0 Å². The molecule has 0 N–H and O–H groups in total. The molecule has 0 amide bonds. The predicted octanol–water partition coefficient (Wildman–Crippen LogP) is 9.53. The van der Waals surface area contributed by atoms with Gasteiger partial charge in [-0.1, -0.05) is 72.6 Å². The van der Waals surface area contributed by atoms with E-state index in [0.29, 0.717) is 6.61 Å². The monoisotopic (exact) mass is 458 g/mol. The molecule has 0 radical (unpaired) electrons. The van der Waals surface area contributed by atoms with Crippen molar-refractivity contribution in [2.75, 3.05) is 6.61 Å². The summed E-state index contributed by atoms with van der Waals surface area (Å²) in [7, 11) is 0. The molecule has 190 valence electrons. The zero-order chi connectivity index (χ0) is 24.6. The van der Waals surface area contributed by atoms with E-state index in [4.69, 9.17) is 9.47 Å². The Bertz CT molecular complexity index is 735. The van der Waals surface area contributed by atoms with Crippen LogP contribution in [-0.4, -0.2) is 12.2 Å². The summed E-state index contributed by atoms with van der Waals surface area (Å²) in [6.07, 6.45) is 14.3. The molecule has 2 rings (SSSR count). The van der Waals surface area contributed by atoms with E-state index in [2.05, 4.69) is 62.3 Å². The number of hydrogen-bond donors (Lipinski definition) is 0. The number of hydrogen-bond acceptors (Lipinski definition) is 2. The second-order valence-electron chi connectivity index (χ2n) is 11.9. The molecule has 0 fully saturated rings. The van der Waals surface area contributed by atoms with Gasteiger partial charge in [0.15, 0.2) is 0 Å². The van der Waals surface area contributed by atoms with Gasteiger partial charge in [-0.05, 0) is 94.7 Å². The lowest BCUT2D eigenvalue weighted by molar-refractivity contribution is 0.0511. The van der Waals surface area contributed by atoms with Gasteiger partial charge < -0.3 is 9.47 Å². The molecule has 1 unspecified atom stereocenters. The van der Waals surface area contributed by atoms with Crippen molar-refractivity contribution in [1.29, 1.82) is 0 Å². The van der Waals surface area contributed by atoms with Crippen LogP contribution in [-0.2, 0) is 6.42 Å². The molecular formula is C31H54O2. The van der Waals surface area contributed by atoms with Crippen molar-refractivity contribution in [2.24, 2.45) is 17.8 Å². The molecule has 0 bridgehead atoms. The number of benzene rings is 1. The Morgan fingerprint density at radius 3 is 1.97 bits per heavy atom. The van der Waals surface area contributed by atoms with Crippen molar-refractivity contribution < 1.29 is 9.47 Å². The minimum atomic E-state index is -0.0333. The molecule has 0 aromatic heterocycles. The molecule has 1 heterocycles. The summed E-state index contributed by atoms with van der Waals surface area (Å²) in [5.41, 5.74) is 5.12. The fraction of sp³-hybridized carbons (Fsp3) is 0.806. The van der Waals surface area contributed by atoms with Gasteiger partial charge in [0.25, 0.3) is 0 Å². The molecule has 0 aliphatic carbocycles. The van der Waals surface area contributed by atoms with E-state index in [-0.39, 0.29) is 5.60 Å². The molecule has 1 aliphatic rings. The van der Waals surface area contributed by atoms with Gasteiger partial charge in [0.1, 0.15) is 17.1 Å². The molecule has 0 saturated carbocycles. The maximum absolute atomic E-state index is 6.74. The van der Waals surface area contributed by atoms with Gasteiger partial charge in [-0.3, -0.25) is 0 Å². The molecule has 2 nitrogen and oxygen atoms in total. The van der Waals surface area contributed by atoms with Crippen LogP contribution in [0, 0.1) is 38.5 Å². The van der Waals surface area contributed by atoms with Crippen LogP contribution >= 0.6 is 0 Å². The number of fused-ring (bicyclic) bond motifs is 1. The molecule has 3 atom stereocenters. The SMILES string of the molecule is CCOc1c(C)c(C)c2c(c1C)CCC(C)(CCC[C@H](C)CCC[C@H](C)CCCC(C)C)O2. The average molecular weight is 459 g/mol. The second-order valence-corrected chi connectivity index (χ2v) is 11.9. The highest BCUT2D eigenvalue weighted by Gasteiger charge is 2.34. The first kappa shape index (κ1) is 28.1. The smallest absolute Gasteiger partial charge is 0.127 e. The molecule has 33 heavy (non-hydrogen) atoms. The zero-order valence-electron chi connectivity index (χ0n) is 23.5. The molecular weight excluding hydrogens is 404 g/mol. The third kappa shape index (κ3) is 8.22. The minimum Gasteiger partial charge on any atom is -0.493 e. The first-order valence-electron chi connectivity index (χ1n) is 14.0. The van der Waals surface area contributed by atoms with Gasteiger partial charge in [-0.15, -0.1) is 0 Å². The summed E-state index contributed by atoms with van der Waals surface area (Å²) < 4.78 is 12.7. The molecule has 0 spiro atoms. The van der Waals surface area contributed by atoms with Gasteiger partial charge >= 0.3 is 0 Å². The van der Waals surface area contributed by atoms with E-state index in [1.165, 1.54) is 73.6 Å². The van der Waals surface area contributed by atoms with Gasteiger partial charge in [0, 0.05) is 5.56 Å². The van der Waals surface area contributed by atoms with Crippen LogP contribution in [0.25, 0.3) is 0 Å². The Morgan fingerprint density at radius 1 is 0.818 bits per heavy atom. The lowest BCUT2D eigenvalue weighted by Gasteiger charge is -2.38. The Labute approximate surface area is 206 Å². The summed E-state index contributed by atoms with van der Waals surface area (Å²) >= 11 is 0. The van der Waals surface area contributed by atoms with E-state index in [0.717, 1.165) is 48.5 Å². The standard InChI is InChI=1S/C31H54O2/c1-10-32-29-25(6)26(7)30-28(27(29)8)19-21-31(9,33-30)20-13-18-24(5)17-12-16-23(4)15-11-14-22(2)3/h22-24H,10-21H2,1-9H3/t23-,24-,31?/m1/s1. The van der Waals surface area contributed by atoms with Crippen molar-refractivity contribution in [1.82, 2.24) is 0 Å². The lowest BCUT2D eigenvalue weighted by Crippen LogP contribution is -2.37. The Balaban J connectivity index is 1.79. The third-order valence-corrected chi connectivity index (χ3v) is 8.13. The Morgan fingerprint density at radius 2 is 1.39 bits per heavy atom. The molecule has 1 aromatic rings. The van der Waals surface area contributed by atoms with E-state index in [1.807, 2.05) is 0 Å². The summed E-state index contributed by atoms with van der Waals surface area (Å²) in [6.45, 7) is 21.3. The Hall–Kier alpha value is -1.18. The number of rotatable bonds is 14. The van der Waals surface area contributed by atoms with Crippen molar-refractivity contribution in [3.8, 4) is 11.5 Å². The first-order chi connectivity index (χ1) is 15.6. The maximum atomic E-state index is 6.74. The van der Waals surface area contributed by atoms with Crippen molar-refractivity contribution in [3.05, 3.63) is 22.3 Å². The van der Waals surface area contributed by atoms with Gasteiger partial charge in [0.05, 0.1) is 6.61 Å². The highest BCUT2D eigenvalue weighted by Crippen LogP contribution is 2.45. The lowest BCUT2D eigenvalue weighted by atomic mass is 9.83. The van der Waals surface area contributed by atoms with E-state index in [9.17, 15) is 0 Å².